The molecule has 0 radical (unpaired) electrons. The highest BCUT2D eigenvalue weighted by Gasteiger charge is 2.09. The van der Waals surface area contributed by atoms with Crippen molar-refractivity contribution in [2.24, 2.45) is 0 Å². The molecule has 122 valence electrons. The van der Waals surface area contributed by atoms with Gasteiger partial charge in [-0.25, -0.2) is 4.98 Å². The van der Waals surface area contributed by atoms with Crippen LogP contribution in [-0.4, -0.2) is 26.8 Å². The molecule has 0 saturated carbocycles. The number of thioether (sulfide) groups is 1. The number of nitrogens with zero attached hydrogens (tertiary/aromatic N) is 2. The van der Waals surface area contributed by atoms with Crippen LogP contribution in [0.25, 0.3) is 11.3 Å². The SMILES string of the molecule is Cc1cc(NC(=O)CSc2nc(-c3ccccc3)cc(=O)[nH]2)no1. The van der Waals surface area contributed by atoms with Gasteiger partial charge in [-0.15, -0.1) is 0 Å². The number of H-pyrrole nitrogens is 1. The third-order valence-electron chi connectivity index (χ3n) is 3.02. The average Bonchev–Trinajstić information content (AvgIpc) is 2.98. The highest BCUT2D eigenvalue weighted by atomic mass is 32.2. The molecule has 7 nitrogen and oxygen atoms in total. The maximum atomic E-state index is 11.9. The molecule has 0 unspecified atom stereocenters. The van der Waals surface area contributed by atoms with E-state index in [0.717, 1.165) is 17.3 Å². The summed E-state index contributed by atoms with van der Waals surface area (Å²) in [4.78, 5) is 30.7. The van der Waals surface area contributed by atoms with Crippen molar-refractivity contribution in [3.05, 3.63) is 58.6 Å². The van der Waals surface area contributed by atoms with Crippen molar-refractivity contribution in [2.45, 2.75) is 12.1 Å². The van der Waals surface area contributed by atoms with E-state index in [-0.39, 0.29) is 17.2 Å². The molecule has 0 aliphatic heterocycles. The van der Waals surface area contributed by atoms with Crippen molar-refractivity contribution < 1.29 is 9.32 Å². The summed E-state index contributed by atoms with van der Waals surface area (Å²) in [5, 5.41) is 6.68. The number of hydrogen-bond donors (Lipinski definition) is 2. The van der Waals surface area contributed by atoms with Gasteiger partial charge in [0.05, 0.1) is 11.4 Å². The Morgan fingerprint density at radius 3 is 2.79 bits per heavy atom. The zero-order valence-electron chi connectivity index (χ0n) is 12.8. The standard InChI is InChI=1S/C16H14N4O3S/c1-10-7-13(20-23-10)18-15(22)9-24-16-17-12(8-14(21)19-16)11-5-3-2-4-6-11/h2-8H,9H2,1H3,(H,17,19,21)(H,18,20,22). The van der Waals surface area contributed by atoms with Gasteiger partial charge >= 0.3 is 0 Å². The monoisotopic (exact) mass is 342 g/mol. The highest BCUT2D eigenvalue weighted by Crippen LogP contribution is 2.18. The molecule has 1 amide bonds. The number of aromatic nitrogens is 3. The summed E-state index contributed by atoms with van der Waals surface area (Å²) in [7, 11) is 0. The number of nitrogens with one attached hydrogen (secondary N) is 2. The Hall–Kier alpha value is -2.87. The van der Waals surface area contributed by atoms with Gasteiger partial charge in [-0.3, -0.25) is 9.59 Å². The van der Waals surface area contributed by atoms with Crippen molar-refractivity contribution >= 4 is 23.5 Å². The van der Waals surface area contributed by atoms with Crippen LogP contribution >= 0.6 is 11.8 Å². The van der Waals surface area contributed by atoms with Crippen LogP contribution < -0.4 is 10.9 Å². The number of rotatable bonds is 5. The normalized spacial score (nSPS) is 10.5. The van der Waals surface area contributed by atoms with Crippen LogP contribution in [0.4, 0.5) is 5.82 Å². The molecule has 0 fully saturated rings. The van der Waals surface area contributed by atoms with Crippen LogP contribution in [-0.2, 0) is 4.79 Å². The lowest BCUT2D eigenvalue weighted by Gasteiger charge is -2.04. The fourth-order valence-electron chi connectivity index (χ4n) is 2.00. The molecule has 0 aliphatic carbocycles. The Balaban J connectivity index is 1.68. The van der Waals surface area contributed by atoms with Crippen LogP contribution in [0.1, 0.15) is 5.76 Å². The first-order valence-electron chi connectivity index (χ1n) is 7.13. The lowest BCUT2D eigenvalue weighted by Crippen LogP contribution is -2.15. The summed E-state index contributed by atoms with van der Waals surface area (Å²) in [5.74, 6) is 0.797. The number of carbonyl (C=O) groups excluding carboxylic acids is 1. The number of benzene rings is 1. The number of hydrogen-bond acceptors (Lipinski definition) is 6. The van der Waals surface area contributed by atoms with Crippen LogP contribution in [0.15, 0.2) is 56.9 Å². The largest absolute Gasteiger partial charge is 0.360 e. The molecule has 0 aliphatic rings. The lowest BCUT2D eigenvalue weighted by molar-refractivity contribution is -0.113. The molecule has 3 rings (SSSR count). The Kier molecular flexibility index (Phi) is 4.76. The van der Waals surface area contributed by atoms with Gasteiger partial charge in [-0.2, -0.15) is 0 Å². The van der Waals surface area contributed by atoms with E-state index in [2.05, 4.69) is 20.4 Å². The first-order chi connectivity index (χ1) is 11.6. The van der Waals surface area contributed by atoms with E-state index in [4.69, 9.17) is 4.52 Å². The zero-order valence-corrected chi connectivity index (χ0v) is 13.6. The molecular formula is C16H14N4O3S. The summed E-state index contributed by atoms with van der Waals surface area (Å²) in [6, 6.07) is 12.4. The first kappa shape index (κ1) is 16.0. The van der Waals surface area contributed by atoms with Crippen molar-refractivity contribution in [1.29, 1.82) is 0 Å². The summed E-state index contributed by atoms with van der Waals surface area (Å²) < 4.78 is 4.88. The topological polar surface area (TPSA) is 101 Å². The van der Waals surface area contributed by atoms with Crippen LogP contribution in [0.2, 0.25) is 0 Å². The van der Waals surface area contributed by atoms with E-state index in [9.17, 15) is 9.59 Å². The molecular weight excluding hydrogens is 328 g/mol. The molecule has 0 atom stereocenters. The molecule has 2 N–H and O–H groups in total. The van der Waals surface area contributed by atoms with E-state index in [0.29, 0.717) is 22.4 Å². The van der Waals surface area contributed by atoms with E-state index in [1.54, 1.807) is 13.0 Å². The number of amides is 1. The quantitative estimate of drug-likeness (QED) is 0.546. The molecule has 0 bridgehead atoms. The summed E-state index contributed by atoms with van der Waals surface area (Å²) in [6.07, 6.45) is 0. The predicted molar refractivity (Wildman–Crippen MR) is 90.9 cm³/mol. The van der Waals surface area contributed by atoms with Gasteiger partial charge in [-0.05, 0) is 6.92 Å². The van der Waals surface area contributed by atoms with Crippen molar-refractivity contribution in [2.75, 3.05) is 11.1 Å². The molecule has 3 aromatic rings. The third kappa shape index (κ3) is 4.11. The van der Waals surface area contributed by atoms with E-state index in [1.165, 1.54) is 6.07 Å². The van der Waals surface area contributed by atoms with Crippen LogP contribution in [0.3, 0.4) is 0 Å². The van der Waals surface area contributed by atoms with Gasteiger partial charge in [0, 0.05) is 17.7 Å². The maximum absolute atomic E-state index is 11.9. The molecule has 24 heavy (non-hydrogen) atoms. The fraction of sp³-hybridized carbons (Fsp3) is 0.125. The minimum atomic E-state index is -0.265. The number of aromatic amines is 1. The second kappa shape index (κ2) is 7.14. The Morgan fingerprint density at radius 1 is 1.29 bits per heavy atom. The minimum Gasteiger partial charge on any atom is -0.360 e. The number of carbonyl (C=O) groups is 1. The van der Waals surface area contributed by atoms with E-state index in [1.807, 2.05) is 30.3 Å². The van der Waals surface area contributed by atoms with Gasteiger partial charge in [0.2, 0.25) is 5.91 Å². The van der Waals surface area contributed by atoms with Crippen molar-refractivity contribution in [1.82, 2.24) is 15.1 Å². The first-order valence-corrected chi connectivity index (χ1v) is 8.11. The average molecular weight is 342 g/mol. The van der Waals surface area contributed by atoms with Crippen molar-refractivity contribution in [3.63, 3.8) is 0 Å². The molecule has 2 heterocycles. The van der Waals surface area contributed by atoms with E-state index < -0.39 is 0 Å². The minimum absolute atomic E-state index is 0.0904. The summed E-state index contributed by atoms with van der Waals surface area (Å²) in [6.45, 7) is 1.74. The fourth-order valence-corrected chi connectivity index (χ4v) is 2.67. The summed E-state index contributed by atoms with van der Waals surface area (Å²) in [5.41, 5.74) is 1.14. The Labute approximate surface area is 141 Å². The number of anilines is 1. The molecule has 8 heteroatoms. The van der Waals surface area contributed by atoms with Crippen LogP contribution in [0.5, 0.6) is 0 Å². The Bertz CT molecular complexity index is 905. The highest BCUT2D eigenvalue weighted by molar-refractivity contribution is 7.99. The maximum Gasteiger partial charge on any atom is 0.252 e. The Morgan fingerprint density at radius 2 is 2.08 bits per heavy atom. The van der Waals surface area contributed by atoms with Gasteiger partial charge < -0.3 is 14.8 Å². The smallest absolute Gasteiger partial charge is 0.252 e. The molecule has 1 aromatic carbocycles. The molecule has 0 saturated heterocycles. The van der Waals surface area contributed by atoms with Crippen molar-refractivity contribution in [3.8, 4) is 11.3 Å². The second-order valence-electron chi connectivity index (χ2n) is 4.96. The third-order valence-corrected chi connectivity index (χ3v) is 3.90. The molecule has 2 aromatic heterocycles. The van der Waals surface area contributed by atoms with Crippen LogP contribution in [0, 0.1) is 6.92 Å². The molecule has 0 spiro atoms. The predicted octanol–water partition coefficient (Wildman–Crippen LogP) is 2.46. The van der Waals surface area contributed by atoms with Gasteiger partial charge in [0.1, 0.15) is 5.76 Å². The lowest BCUT2D eigenvalue weighted by atomic mass is 10.1. The van der Waals surface area contributed by atoms with Gasteiger partial charge in [0.25, 0.3) is 5.56 Å². The summed E-state index contributed by atoms with van der Waals surface area (Å²) >= 11 is 1.14. The van der Waals surface area contributed by atoms with E-state index >= 15 is 0 Å². The number of aryl methyl sites for hydroxylation is 1. The van der Waals surface area contributed by atoms with Gasteiger partial charge in [-0.1, -0.05) is 47.3 Å². The zero-order chi connectivity index (χ0) is 16.9. The van der Waals surface area contributed by atoms with Gasteiger partial charge in [0.15, 0.2) is 11.0 Å². The second-order valence-corrected chi connectivity index (χ2v) is 5.93.